The van der Waals surface area contributed by atoms with Gasteiger partial charge in [0.05, 0.1) is 25.3 Å². The fourth-order valence-corrected chi connectivity index (χ4v) is 4.68. The molecule has 2 aliphatic rings. The molecule has 6 heteroatoms. The van der Waals surface area contributed by atoms with Gasteiger partial charge in [0.1, 0.15) is 17.3 Å². The molecule has 1 saturated heterocycles. The van der Waals surface area contributed by atoms with Crippen LogP contribution < -0.4 is 9.47 Å². The Morgan fingerprint density at radius 2 is 1.76 bits per heavy atom. The van der Waals surface area contributed by atoms with Gasteiger partial charge in [0.2, 0.25) is 0 Å². The molecule has 174 valence electrons. The highest BCUT2D eigenvalue weighted by molar-refractivity contribution is 6.46. The SMILES string of the molecule is COc1cccc(C2/C(=C(/O)c3ccc(OCC(C)C)cc3)C(=O)C(=O)N2C2CCCC2)c1. The normalized spacial score (nSPS) is 20.6. The van der Waals surface area contributed by atoms with E-state index < -0.39 is 17.7 Å². The van der Waals surface area contributed by atoms with Gasteiger partial charge in [0.15, 0.2) is 0 Å². The van der Waals surface area contributed by atoms with Gasteiger partial charge >= 0.3 is 0 Å². The summed E-state index contributed by atoms with van der Waals surface area (Å²) in [6, 6.07) is 13.7. The number of aliphatic hydroxyl groups is 1. The highest BCUT2D eigenvalue weighted by Gasteiger charge is 2.49. The van der Waals surface area contributed by atoms with Crippen LogP contribution in [0.1, 0.15) is 56.7 Å². The molecule has 1 heterocycles. The van der Waals surface area contributed by atoms with Crippen molar-refractivity contribution in [2.24, 2.45) is 5.92 Å². The number of likely N-dealkylation sites (tertiary alicyclic amines) is 1. The predicted octanol–water partition coefficient (Wildman–Crippen LogP) is 5.09. The molecule has 6 nitrogen and oxygen atoms in total. The molecule has 2 fully saturated rings. The van der Waals surface area contributed by atoms with Crippen molar-refractivity contribution >= 4 is 17.4 Å². The molecule has 1 atom stereocenters. The van der Waals surface area contributed by atoms with E-state index in [4.69, 9.17) is 9.47 Å². The van der Waals surface area contributed by atoms with Crippen LogP contribution in [0.15, 0.2) is 54.1 Å². The minimum atomic E-state index is -0.653. The van der Waals surface area contributed by atoms with Crippen LogP contribution in [0.3, 0.4) is 0 Å². The zero-order valence-electron chi connectivity index (χ0n) is 19.4. The summed E-state index contributed by atoms with van der Waals surface area (Å²) in [5.74, 6) is 0.359. The quantitative estimate of drug-likeness (QED) is 0.362. The summed E-state index contributed by atoms with van der Waals surface area (Å²) in [6.07, 6.45) is 3.76. The number of ketones is 1. The fraction of sp³-hybridized carbons (Fsp3) is 0.407. The second-order valence-electron chi connectivity index (χ2n) is 9.15. The minimum Gasteiger partial charge on any atom is -0.507 e. The van der Waals surface area contributed by atoms with Crippen molar-refractivity contribution in [3.05, 3.63) is 65.2 Å². The Balaban J connectivity index is 1.77. The van der Waals surface area contributed by atoms with Gasteiger partial charge in [0.25, 0.3) is 11.7 Å². The maximum Gasteiger partial charge on any atom is 0.295 e. The molecule has 1 N–H and O–H groups in total. The number of hydrogen-bond acceptors (Lipinski definition) is 5. The second-order valence-corrected chi connectivity index (χ2v) is 9.15. The summed E-state index contributed by atoms with van der Waals surface area (Å²) in [4.78, 5) is 28.0. The first-order valence-electron chi connectivity index (χ1n) is 11.6. The Labute approximate surface area is 194 Å². The van der Waals surface area contributed by atoms with Gasteiger partial charge in [0, 0.05) is 11.6 Å². The van der Waals surface area contributed by atoms with Crippen LogP contribution in [0.5, 0.6) is 11.5 Å². The van der Waals surface area contributed by atoms with Gasteiger partial charge in [-0.2, -0.15) is 0 Å². The molecular formula is C27H31NO5. The number of aliphatic hydroxyl groups excluding tert-OH is 1. The molecule has 1 amide bonds. The molecule has 0 aromatic heterocycles. The van der Waals surface area contributed by atoms with Crippen molar-refractivity contribution < 1.29 is 24.2 Å². The number of methoxy groups -OCH3 is 1. The summed E-state index contributed by atoms with van der Waals surface area (Å²) < 4.78 is 11.1. The largest absolute Gasteiger partial charge is 0.507 e. The van der Waals surface area contributed by atoms with Gasteiger partial charge in [-0.15, -0.1) is 0 Å². The van der Waals surface area contributed by atoms with E-state index in [-0.39, 0.29) is 17.4 Å². The van der Waals surface area contributed by atoms with Crippen LogP contribution in [-0.4, -0.2) is 41.5 Å². The maximum absolute atomic E-state index is 13.2. The Kier molecular flexibility index (Phi) is 6.72. The molecule has 0 bridgehead atoms. The van der Waals surface area contributed by atoms with Crippen LogP contribution in [0, 0.1) is 5.92 Å². The molecular weight excluding hydrogens is 418 g/mol. The molecule has 2 aromatic carbocycles. The molecule has 1 aliphatic carbocycles. The third-order valence-corrected chi connectivity index (χ3v) is 6.32. The van der Waals surface area contributed by atoms with Gasteiger partial charge in [-0.3, -0.25) is 9.59 Å². The van der Waals surface area contributed by atoms with Crippen LogP contribution in [-0.2, 0) is 9.59 Å². The lowest BCUT2D eigenvalue weighted by atomic mass is 9.94. The second kappa shape index (κ2) is 9.69. The molecule has 0 radical (unpaired) electrons. The molecule has 33 heavy (non-hydrogen) atoms. The lowest BCUT2D eigenvalue weighted by Crippen LogP contribution is -2.37. The molecule has 2 aromatic rings. The average Bonchev–Trinajstić information content (AvgIpc) is 3.44. The predicted molar refractivity (Wildman–Crippen MR) is 126 cm³/mol. The van der Waals surface area contributed by atoms with E-state index in [1.807, 2.05) is 24.3 Å². The van der Waals surface area contributed by atoms with Crippen molar-refractivity contribution in [3.63, 3.8) is 0 Å². The lowest BCUT2D eigenvalue weighted by Gasteiger charge is -2.31. The summed E-state index contributed by atoms with van der Waals surface area (Å²) >= 11 is 0. The number of rotatable bonds is 7. The van der Waals surface area contributed by atoms with Crippen molar-refractivity contribution in [2.75, 3.05) is 13.7 Å². The summed E-state index contributed by atoms with van der Waals surface area (Å²) in [6.45, 7) is 4.73. The van der Waals surface area contributed by atoms with Gasteiger partial charge in [-0.1, -0.05) is 38.8 Å². The van der Waals surface area contributed by atoms with E-state index >= 15 is 0 Å². The van der Waals surface area contributed by atoms with Gasteiger partial charge in [-0.05, 0) is 60.7 Å². The first-order valence-corrected chi connectivity index (χ1v) is 11.6. The highest BCUT2D eigenvalue weighted by atomic mass is 16.5. The summed E-state index contributed by atoms with van der Waals surface area (Å²) in [5, 5.41) is 11.2. The van der Waals surface area contributed by atoms with Crippen molar-refractivity contribution in [3.8, 4) is 11.5 Å². The van der Waals surface area contributed by atoms with Crippen LogP contribution in [0.4, 0.5) is 0 Å². The third kappa shape index (κ3) is 4.61. The standard InChI is InChI=1S/C27H31NO5/c1-17(2)16-33-21-13-11-18(12-14-21)25(29)23-24(19-7-6-10-22(15-19)32-3)28(27(31)26(23)30)20-8-4-5-9-20/h6-7,10-15,17,20,24,29H,4-5,8-9,16H2,1-3H3/b25-23-. The van der Waals surface area contributed by atoms with E-state index in [0.717, 1.165) is 31.2 Å². The topological polar surface area (TPSA) is 76.1 Å². The van der Waals surface area contributed by atoms with Crippen LogP contribution >= 0.6 is 0 Å². The molecule has 1 unspecified atom stereocenters. The van der Waals surface area contributed by atoms with Crippen LogP contribution in [0.2, 0.25) is 0 Å². The van der Waals surface area contributed by atoms with Crippen LogP contribution in [0.25, 0.3) is 5.76 Å². The van der Waals surface area contributed by atoms with E-state index in [1.54, 1.807) is 36.3 Å². The number of carbonyl (C=O) groups is 2. The maximum atomic E-state index is 13.2. The number of benzene rings is 2. The highest BCUT2D eigenvalue weighted by Crippen LogP contribution is 2.44. The number of carbonyl (C=O) groups excluding carboxylic acids is 2. The van der Waals surface area contributed by atoms with Crippen molar-refractivity contribution in [2.45, 2.75) is 51.6 Å². The zero-order valence-corrected chi connectivity index (χ0v) is 19.4. The zero-order chi connectivity index (χ0) is 23.5. The number of hydrogen-bond donors (Lipinski definition) is 1. The summed E-state index contributed by atoms with van der Waals surface area (Å²) in [5.41, 5.74) is 1.35. The number of amides is 1. The summed E-state index contributed by atoms with van der Waals surface area (Å²) in [7, 11) is 1.58. The first kappa shape index (κ1) is 22.9. The van der Waals surface area contributed by atoms with E-state index in [0.29, 0.717) is 29.6 Å². The van der Waals surface area contributed by atoms with Crippen molar-refractivity contribution in [1.82, 2.24) is 4.90 Å². The monoisotopic (exact) mass is 449 g/mol. The van der Waals surface area contributed by atoms with Crippen molar-refractivity contribution in [1.29, 1.82) is 0 Å². The smallest absolute Gasteiger partial charge is 0.295 e. The Morgan fingerprint density at radius 1 is 1.06 bits per heavy atom. The minimum absolute atomic E-state index is 0.0187. The lowest BCUT2D eigenvalue weighted by molar-refractivity contribution is -0.141. The van der Waals surface area contributed by atoms with Gasteiger partial charge in [-0.25, -0.2) is 0 Å². The first-order chi connectivity index (χ1) is 15.9. The van der Waals surface area contributed by atoms with E-state index in [9.17, 15) is 14.7 Å². The average molecular weight is 450 g/mol. The molecule has 1 aliphatic heterocycles. The van der Waals surface area contributed by atoms with E-state index in [2.05, 4.69) is 13.8 Å². The number of Topliss-reactive ketones (excluding diaryl/α,β-unsaturated/α-hetero) is 1. The Hall–Kier alpha value is -3.28. The fourth-order valence-electron chi connectivity index (χ4n) is 4.68. The number of ether oxygens (including phenoxy) is 2. The molecule has 4 rings (SSSR count). The number of nitrogens with zero attached hydrogens (tertiary/aromatic N) is 1. The Bertz CT molecular complexity index is 1050. The Morgan fingerprint density at radius 3 is 2.39 bits per heavy atom. The molecule has 0 spiro atoms. The van der Waals surface area contributed by atoms with Gasteiger partial charge < -0.3 is 19.5 Å². The third-order valence-electron chi connectivity index (χ3n) is 6.32. The molecule has 1 saturated carbocycles. The van der Waals surface area contributed by atoms with E-state index in [1.165, 1.54) is 0 Å².